The summed E-state index contributed by atoms with van der Waals surface area (Å²) in [5.74, 6) is 0.616. The van der Waals surface area contributed by atoms with E-state index in [0.29, 0.717) is 17.2 Å². The summed E-state index contributed by atoms with van der Waals surface area (Å²) in [6.07, 6.45) is 0. The third kappa shape index (κ3) is 2.77. The molecule has 0 atom stereocenters. The molecule has 0 saturated carbocycles. The van der Waals surface area contributed by atoms with Crippen molar-refractivity contribution in [2.24, 2.45) is 0 Å². The first-order valence-electron chi connectivity index (χ1n) is 5.05. The van der Waals surface area contributed by atoms with E-state index in [1.807, 2.05) is 25.1 Å². The summed E-state index contributed by atoms with van der Waals surface area (Å²) in [7, 11) is 0. The number of anilines is 1. The van der Waals surface area contributed by atoms with Crippen molar-refractivity contribution in [3.05, 3.63) is 52.3 Å². The molecule has 0 aliphatic heterocycles. The minimum absolute atomic E-state index is 0.329. The third-order valence-electron chi connectivity index (χ3n) is 2.33. The summed E-state index contributed by atoms with van der Waals surface area (Å²) in [5.41, 5.74) is 7.07. The molecule has 2 rings (SSSR count). The van der Waals surface area contributed by atoms with Crippen LogP contribution in [0, 0.1) is 12.7 Å². The van der Waals surface area contributed by atoms with Crippen molar-refractivity contribution in [1.29, 1.82) is 0 Å². The number of hydrogen-bond acceptors (Lipinski definition) is 2. The van der Waals surface area contributed by atoms with Gasteiger partial charge in [-0.05, 0) is 42.8 Å². The average Bonchev–Trinajstić information content (AvgIpc) is 2.27. The van der Waals surface area contributed by atoms with E-state index >= 15 is 0 Å². The van der Waals surface area contributed by atoms with Gasteiger partial charge in [0.15, 0.2) is 5.75 Å². The molecule has 2 nitrogen and oxygen atoms in total. The van der Waals surface area contributed by atoms with Crippen LogP contribution in [0.5, 0.6) is 11.5 Å². The first-order valence-corrected chi connectivity index (χ1v) is 5.84. The summed E-state index contributed by atoms with van der Waals surface area (Å²) in [4.78, 5) is 0. The Morgan fingerprint density at radius 3 is 2.59 bits per heavy atom. The fourth-order valence-electron chi connectivity index (χ4n) is 1.44. The van der Waals surface area contributed by atoms with Crippen LogP contribution in [-0.2, 0) is 0 Å². The molecular formula is C13H11BrFNO. The molecule has 0 bridgehead atoms. The van der Waals surface area contributed by atoms with Gasteiger partial charge in [-0.25, -0.2) is 4.39 Å². The number of halogens is 2. The van der Waals surface area contributed by atoms with Crippen molar-refractivity contribution < 1.29 is 9.13 Å². The maximum Gasteiger partial charge on any atom is 0.153 e. The maximum atomic E-state index is 13.1. The van der Waals surface area contributed by atoms with Gasteiger partial charge in [0.2, 0.25) is 0 Å². The van der Waals surface area contributed by atoms with Crippen molar-refractivity contribution in [3.63, 3.8) is 0 Å². The lowest BCUT2D eigenvalue weighted by Gasteiger charge is -2.11. The van der Waals surface area contributed by atoms with Crippen molar-refractivity contribution in [2.75, 3.05) is 5.73 Å². The summed E-state index contributed by atoms with van der Waals surface area (Å²) >= 11 is 3.37. The largest absolute Gasteiger partial charge is 0.455 e. The second kappa shape index (κ2) is 4.75. The molecule has 0 heterocycles. The SMILES string of the molecule is Cc1cc(Br)ccc1Oc1cc(F)ccc1N. The van der Waals surface area contributed by atoms with Crippen LogP contribution >= 0.6 is 15.9 Å². The molecule has 0 aliphatic carbocycles. The van der Waals surface area contributed by atoms with Gasteiger partial charge in [0.25, 0.3) is 0 Å². The van der Waals surface area contributed by atoms with E-state index in [0.717, 1.165) is 10.0 Å². The molecule has 0 aliphatic rings. The van der Waals surface area contributed by atoms with E-state index in [9.17, 15) is 4.39 Å². The summed E-state index contributed by atoms with van der Waals surface area (Å²) in [6.45, 7) is 1.91. The van der Waals surface area contributed by atoms with Gasteiger partial charge in [-0.3, -0.25) is 0 Å². The predicted molar refractivity (Wildman–Crippen MR) is 69.8 cm³/mol. The number of benzene rings is 2. The molecule has 2 N–H and O–H groups in total. The Morgan fingerprint density at radius 1 is 1.12 bits per heavy atom. The summed E-state index contributed by atoms with van der Waals surface area (Å²) < 4.78 is 19.6. The summed E-state index contributed by atoms with van der Waals surface area (Å²) in [6, 6.07) is 9.65. The van der Waals surface area contributed by atoms with Crippen LogP contribution in [0.1, 0.15) is 5.56 Å². The maximum absolute atomic E-state index is 13.1. The molecule has 0 amide bonds. The minimum atomic E-state index is -0.371. The van der Waals surface area contributed by atoms with Crippen LogP contribution < -0.4 is 10.5 Å². The molecule has 88 valence electrons. The Balaban J connectivity index is 2.34. The van der Waals surface area contributed by atoms with E-state index in [-0.39, 0.29) is 5.82 Å². The normalized spacial score (nSPS) is 10.3. The van der Waals surface area contributed by atoms with Crippen LogP contribution in [0.15, 0.2) is 40.9 Å². The number of nitrogens with two attached hydrogens (primary N) is 1. The smallest absolute Gasteiger partial charge is 0.153 e. The average molecular weight is 296 g/mol. The fourth-order valence-corrected chi connectivity index (χ4v) is 1.92. The highest BCUT2D eigenvalue weighted by atomic mass is 79.9. The lowest BCUT2D eigenvalue weighted by atomic mass is 10.2. The van der Waals surface area contributed by atoms with Crippen LogP contribution in [0.4, 0.5) is 10.1 Å². The molecule has 2 aromatic carbocycles. The van der Waals surface area contributed by atoms with Crippen molar-refractivity contribution >= 4 is 21.6 Å². The number of nitrogen functional groups attached to an aromatic ring is 1. The van der Waals surface area contributed by atoms with Crippen molar-refractivity contribution in [1.82, 2.24) is 0 Å². The Kier molecular flexibility index (Phi) is 3.33. The zero-order chi connectivity index (χ0) is 12.4. The fraction of sp³-hybridized carbons (Fsp3) is 0.0769. The van der Waals surface area contributed by atoms with E-state index in [1.165, 1.54) is 18.2 Å². The van der Waals surface area contributed by atoms with Crippen LogP contribution in [-0.4, -0.2) is 0 Å². The predicted octanol–water partition coefficient (Wildman–Crippen LogP) is 4.27. The number of ether oxygens (including phenoxy) is 1. The second-order valence-corrected chi connectivity index (χ2v) is 4.61. The lowest BCUT2D eigenvalue weighted by molar-refractivity contribution is 0.475. The van der Waals surface area contributed by atoms with E-state index in [1.54, 1.807) is 0 Å². The zero-order valence-electron chi connectivity index (χ0n) is 9.21. The zero-order valence-corrected chi connectivity index (χ0v) is 10.8. The van der Waals surface area contributed by atoms with Gasteiger partial charge in [-0.2, -0.15) is 0 Å². The van der Waals surface area contributed by atoms with Gasteiger partial charge in [0, 0.05) is 10.5 Å². The Bertz CT molecular complexity index is 557. The molecule has 2 aromatic rings. The topological polar surface area (TPSA) is 35.2 Å². The molecular weight excluding hydrogens is 285 g/mol. The van der Waals surface area contributed by atoms with Crippen LogP contribution in [0.25, 0.3) is 0 Å². The molecule has 4 heteroatoms. The first-order chi connectivity index (χ1) is 8.06. The highest BCUT2D eigenvalue weighted by molar-refractivity contribution is 9.10. The third-order valence-corrected chi connectivity index (χ3v) is 2.83. The van der Waals surface area contributed by atoms with E-state index in [2.05, 4.69) is 15.9 Å². The first kappa shape index (κ1) is 11.9. The van der Waals surface area contributed by atoms with Gasteiger partial charge in [0.1, 0.15) is 11.6 Å². The minimum Gasteiger partial charge on any atom is -0.455 e. The number of aryl methyl sites for hydroxylation is 1. The standard InChI is InChI=1S/C13H11BrFNO/c1-8-6-9(14)2-5-12(8)17-13-7-10(15)3-4-11(13)16/h2-7H,16H2,1H3. The van der Waals surface area contributed by atoms with Gasteiger partial charge in [-0.15, -0.1) is 0 Å². The molecule has 0 unspecified atom stereocenters. The molecule has 0 spiro atoms. The van der Waals surface area contributed by atoms with Crippen molar-refractivity contribution in [3.8, 4) is 11.5 Å². The van der Waals surface area contributed by atoms with E-state index < -0.39 is 0 Å². The Hall–Kier alpha value is -1.55. The second-order valence-electron chi connectivity index (χ2n) is 3.69. The number of hydrogen-bond donors (Lipinski definition) is 1. The Morgan fingerprint density at radius 2 is 1.88 bits per heavy atom. The monoisotopic (exact) mass is 295 g/mol. The highest BCUT2D eigenvalue weighted by Crippen LogP contribution is 2.31. The van der Waals surface area contributed by atoms with Crippen LogP contribution in [0.2, 0.25) is 0 Å². The van der Waals surface area contributed by atoms with Gasteiger partial charge in [0.05, 0.1) is 5.69 Å². The van der Waals surface area contributed by atoms with Gasteiger partial charge < -0.3 is 10.5 Å². The molecule has 17 heavy (non-hydrogen) atoms. The van der Waals surface area contributed by atoms with Gasteiger partial charge >= 0.3 is 0 Å². The molecule has 0 aromatic heterocycles. The lowest BCUT2D eigenvalue weighted by Crippen LogP contribution is -1.94. The number of rotatable bonds is 2. The molecule has 0 radical (unpaired) electrons. The quantitative estimate of drug-likeness (QED) is 0.840. The van der Waals surface area contributed by atoms with Crippen LogP contribution in [0.3, 0.4) is 0 Å². The highest BCUT2D eigenvalue weighted by Gasteiger charge is 2.06. The van der Waals surface area contributed by atoms with Gasteiger partial charge in [-0.1, -0.05) is 15.9 Å². The van der Waals surface area contributed by atoms with Crippen molar-refractivity contribution in [2.45, 2.75) is 6.92 Å². The Labute approximate surface area is 107 Å². The van der Waals surface area contributed by atoms with E-state index in [4.69, 9.17) is 10.5 Å². The summed E-state index contributed by atoms with van der Waals surface area (Å²) in [5, 5.41) is 0. The molecule has 0 fully saturated rings. The molecule has 0 saturated heterocycles.